The van der Waals surface area contributed by atoms with Crippen molar-refractivity contribution >= 4 is 12.0 Å². The summed E-state index contributed by atoms with van der Waals surface area (Å²) >= 11 is 0. The summed E-state index contributed by atoms with van der Waals surface area (Å²) in [5, 5.41) is 8.17. The number of rotatable bonds is 3. The first-order chi connectivity index (χ1) is 8.72. The Morgan fingerprint density at radius 2 is 2.11 bits per heavy atom. The Hall–Kier alpha value is -1.65. The van der Waals surface area contributed by atoms with Crippen molar-refractivity contribution in [3.05, 3.63) is 17.5 Å². The molecule has 0 radical (unpaired) electrons. The van der Waals surface area contributed by atoms with Crippen LogP contribution in [0.3, 0.4) is 0 Å². The highest BCUT2D eigenvalue weighted by molar-refractivity contribution is 5.86. The third-order valence-electron chi connectivity index (χ3n) is 3.47. The second kappa shape index (κ2) is 5.80. The van der Waals surface area contributed by atoms with Crippen molar-refractivity contribution in [3.63, 3.8) is 0 Å². The molecule has 1 aliphatic carbocycles. The third-order valence-corrected chi connectivity index (χ3v) is 3.47. The Balaban J connectivity index is 2.20. The van der Waals surface area contributed by atoms with Crippen molar-refractivity contribution in [2.75, 3.05) is 7.11 Å². The van der Waals surface area contributed by atoms with E-state index in [4.69, 9.17) is 0 Å². The highest BCUT2D eigenvalue weighted by Crippen LogP contribution is 2.33. The Labute approximate surface area is 107 Å². The molecule has 1 aromatic heterocycles. The van der Waals surface area contributed by atoms with Crippen LogP contribution in [0.15, 0.2) is 6.08 Å². The van der Waals surface area contributed by atoms with Crippen LogP contribution in [0.4, 0.5) is 0 Å². The van der Waals surface area contributed by atoms with E-state index in [-0.39, 0.29) is 5.97 Å². The largest absolute Gasteiger partial charge is 0.466 e. The molecule has 0 bridgehead atoms. The van der Waals surface area contributed by atoms with Crippen molar-refractivity contribution in [2.24, 2.45) is 7.05 Å². The van der Waals surface area contributed by atoms with E-state index in [1.165, 1.54) is 45.3 Å². The number of carbonyl (C=O) groups is 1. The molecule has 2 rings (SSSR count). The average Bonchev–Trinajstić information content (AvgIpc) is 2.78. The van der Waals surface area contributed by atoms with Gasteiger partial charge in [0, 0.05) is 19.0 Å². The highest BCUT2D eigenvalue weighted by atomic mass is 16.5. The molecule has 0 amide bonds. The zero-order valence-corrected chi connectivity index (χ0v) is 10.9. The van der Waals surface area contributed by atoms with Crippen molar-refractivity contribution < 1.29 is 9.53 Å². The van der Waals surface area contributed by atoms with Crippen molar-refractivity contribution in [2.45, 2.75) is 38.0 Å². The number of aromatic nitrogens is 3. The van der Waals surface area contributed by atoms with Crippen LogP contribution in [-0.2, 0) is 16.6 Å². The Kier molecular flexibility index (Phi) is 4.12. The van der Waals surface area contributed by atoms with E-state index in [1.54, 1.807) is 6.08 Å². The summed E-state index contributed by atoms with van der Waals surface area (Å²) in [6.45, 7) is 0. The molecule has 98 valence electrons. The molecule has 0 spiro atoms. The second-order valence-electron chi connectivity index (χ2n) is 4.67. The van der Waals surface area contributed by atoms with Crippen molar-refractivity contribution in [3.8, 4) is 0 Å². The van der Waals surface area contributed by atoms with Crippen molar-refractivity contribution in [1.82, 2.24) is 15.0 Å². The first-order valence-corrected chi connectivity index (χ1v) is 6.38. The van der Waals surface area contributed by atoms with Gasteiger partial charge in [-0.05, 0) is 18.9 Å². The number of carbonyl (C=O) groups excluding carboxylic acids is 1. The van der Waals surface area contributed by atoms with Gasteiger partial charge in [-0.25, -0.2) is 4.79 Å². The zero-order valence-electron chi connectivity index (χ0n) is 10.9. The van der Waals surface area contributed by atoms with Gasteiger partial charge < -0.3 is 4.74 Å². The van der Waals surface area contributed by atoms with Crippen LogP contribution in [0.2, 0.25) is 0 Å². The van der Waals surface area contributed by atoms with Gasteiger partial charge in [0.25, 0.3) is 0 Å². The van der Waals surface area contributed by atoms with Gasteiger partial charge in [-0.15, -0.1) is 5.10 Å². The molecule has 0 atom stereocenters. The molecule has 0 aliphatic heterocycles. The van der Waals surface area contributed by atoms with E-state index < -0.39 is 0 Å². The molecule has 1 heterocycles. The summed E-state index contributed by atoms with van der Waals surface area (Å²) in [7, 11) is 3.28. The fourth-order valence-corrected chi connectivity index (χ4v) is 2.56. The predicted molar refractivity (Wildman–Crippen MR) is 67.9 cm³/mol. The van der Waals surface area contributed by atoms with Gasteiger partial charge in [0.15, 0.2) is 0 Å². The molecule has 18 heavy (non-hydrogen) atoms. The molecule has 1 aromatic rings. The van der Waals surface area contributed by atoms with Crippen LogP contribution in [0.1, 0.15) is 49.4 Å². The first-order valence-electron chi connectivity index (χ1n) is 6.38. The Morgan fingerprint density at radius 3 is 2.78 bits per heavy atom. The maximum atomic E-state index is 11.1. The van der Waals surface area contributed by atoms with Gasteiger partial charge in [-0.2, -0.15) is 0 Å². The molecule has 1 fully saturated rings. The third kappa shape index (κ3) is 2.78. The average molecular weight is 249 g/mol. The monoisotopic (exact) mass is 249 g/mol. The lowest BCUT2D eigenvalue weighted by atomic mass is 9.86. The number of ether oxygens (including phenoxy) is 1. The van der Waals surface area contributed by atoms with Gasteiger partial charge >= 0.3 is 5.97 Å². The number of hydrogen-bond acceptors (Lipinski definition) is 4. The molecule has 0 N–H and O–H groups in total. The van der Waals surface area contributed by atoms with Gasteiger partial charge in [-0.3, -0.25) is 4.68 Å². The number of nitrogens with zero attached hydrogens (tertiary/aromatic N) is 3. The summed E-state index contributed by atoms with van der Waals surface area (Å²) in [5.41, 5.74) is 1.92. The van der Waals surface area contributed by atoms with E-state index in [0.29, 0.717) is 5.92 Å². The van der Waals surface area contributed by atoms with Gasteiger partial charge in [0.2, 0.25) is 0 Å². The van der Waals surface area contributed by atoms with Crippen LogP contribution in [0.25, 0.3) is 6.08 Å². The van der Waals surface area contributed by atoms with Gasteiger partial charge in [0.1, 0.15) is 5.69 Å². The quantitative estimate of drug-likeness (QED) is 0.607. The van der Waals surface area contributed by atoms with E-state index in [1.807, 2.05) is 11.7 Å². The SMILES string of the molecule is COC(=O)/C=C\c1nnn(C)c1C1CCCCC1. The summed E-state index contributed by atoms with van der Waals surface area (Å²) < 4.78 is 6.41. The second-order valence-corrected chi connectivity index (χ2v) is 4.67. The standard InChI is InChI=1S/C13H19N3O2/c1-16-13(10-6-4-3-5-7-10)11(14-15-16)8-9-12(17)18-2/h8-10H,3-7H2,1-2H3/b9-8-. The fraction of sp³-hybridized carbons (Fsp3) is 0.615. The van der Waals surface area contributed by atoms with Gasteiger partial charge in [-0.1, -0.05) is 24.5 Å². The van der Waals surface area contributed by atoms with Crippen molar-refractivity contribution in [1.29, 1.82) is 0 Å². The number of esters is 1. The van der Waals surface area contributed by atoms with Crippen LogP contribution in [0.5, 0.6) is 0 Å². The predicted octanol–water partition coefficient (Wildman–Crippen LogP) is 2.05. The van der Waals surface area contributed by atoms with E-state index in [9.17, 15) is 4.79 Å². The number of methoxy groups -OCH3 is 1. The van der Waals surface area contributed by atoms with Crippen LogP contribution in [0, 0.1) is 0 Å². The molecular weight excluding hydrogens is 230 g/mol. The minimum absolute atomic E-state index is 0.366. The van der Waals surface area contributed by atoms with Gasteiger partial charge in [0.05, 0.1) is 12.8 Å². The lowest BCUT2D eigenvalue weighted by molar-refractivity contribution is -0.134. The summed E-state index contributed by atoms with van der Waals surface area (Å²) in [4.78, 5) is 11.1. The molecule has 0 aromatic carbocycles. The maximum Gasteiger partial charge on any atom is 0.330 e. The molecule has 0 saturated heterocycles. The minimum atomic E-state index is -0.366. The smallest absolute Gasteiger partial charge is 0.330 e. The molecule has 1 saturated carbocycles. The zero-order chi connectivity index (χ0) is 13.0. The number of aryl methyl sites for hydroxylation is 1. The van der Waals surface area contributed by atoms with Crippen LogP contribution < -0.4 is 0 Å². The Bertz CT molecular complexity index is 445. The normalized spacial score (nSPS) is 17.2. The maximum absolute atomic E-state index is 11.1. The lowest BCUT2D eigenvalue weighted by Gasteiger charge is -2.21. The first kappa shape index (κ1) is 12.8. The summed E-state index contributed by atoms with van der Waals surface area (Å²) in [6.07, 6.45) is 9.29. The number of hydrogen-bond donors (Lipinski definition) is 0. The molecule has 1 aliphatic rings. The Morgan fingerprint density at radius 1 is 1.39 bits per heavy atom. The van der Waals surface area contributed by atoms with Crippen LogP contribution in [-0.4, -0.2) is 28.1 Å². The summed E-state index contributed by atoms with van der Waals surface area (Å²) in [6, 6.07) is 0. The molecule has 5 heteroatoms. The van der Waals surface area contributed by atoms with E-state index >= 15 is 0 Å². The highest BCUT2D eigenvalue weighted by Gasteiger charge is 2.22. The lowest BCUT2D eigenvalue weighted by Crippen LogP contribution is -2.10. The minimum Gasteiger partial charge on any atom is -0.466 e. The molecule has 0 unspecified atom stereocenters. The van der Waals surface area contributed by atoms with E-state index in [0.717, 1.165) is 11.4 Å². The molecular formula is C13H19N3O2. The summed E-state index contributed by atoms with van der Waals surface area (Å²) in [5.74, 6) is 0.145. The molecule has 5 nitrogen and oxygen atoms in total. The topological polar surface area (TPSA) is 57.0 Å². The van der Waals surface area contributed by atoms with E-state index in [2.05, 4.69) is 15.0 Å². The fourth-order valence-electron chi connectivity index (χ4n) is 2.56. The van der Waals surface area contributed by atoms with Crippen LogP contribution >= 0.6 is 0 Å².